The van der Waals surface area contributed by atoms with Crippen molar-refractivity contribution >= 4 is 43.7 Å². The van der Waals surface area contributed by atoms with Crippen molar-refractivity contribution in [3.05, 3.63) is 21.8 Å². The zero-order chi connectivity index (χ0) is 10.3. The number of rotatable bonds is 1. The highest BCUT2D eigenvalue weighted by molar-refractivity contribution is 14.1. The molecule has 7 heteroatoms. The van der Waals surface area contributed by atoms with Crippen LogP contribution in [0.5, 0.6) is 0 Å². The van der Waals surface area contributed by atoms with E-state index in [1.807, 2.05) is 0 Å². The minimum atomic E-state index is -3.86. The number of benzene rings is 1. The number of halogens is 1. The smallest absolute Gasteiger partial charge is 0.331 e. The Labute approximate surface area is 93.5 Å². The van der Waals surface area contributed by atoms with E-state index in [4.69, 9.17) is 9.56 Å². The van der Waals surface area contributed by atoms with Gasteiger partial charge in [0, 0.05) is 3.57 Å². The number of oxazole rings is 1. The quantitative estimate of drug-likeness (QED) is 0.796. The molecule has 0 spiro atoms. The van der Waals surface area contributed by atoms with Gasteiger partial charge in [0.1, 0.15) is 5.52 Å². The van der Waals surface area contributed by atoms with Crippen molar-refractivity contribution in [3.63, 3.8) is 0 Å². The van der Waals surface area contributed by atoms with Gasteiger partial charge in [0.15, 0.2) is 5.58 Å². The second-order valence-corrected chi connectivity index (χ2v) is 5.32. The first kappa shape index (κ1) is 9.87. The van der Waals surface area contributed by atoms with Gasteiger partial charge in [-0.05, 0) is 40.8 Å². The SMILES string of the molecule is NS(=O)(=O)c1nc2ccc(I)cc2o1. The lowest BCUT2D eigenvalue weighted by Crippen LogP contribution is -2.12. The summed E-state index contributed by atoms with van der Waals surface area (Å²) in [5, 5.41) is 4.42. The van der Waals surface area contributed by atoms with Crippen LogP contribution in [-0.4, -0.2) is 13.4 Å². The van der Waals surface area contributed by atoms with Crippen LogP contribution in [0.4, 0.5) is 0 Å². The minimum Gasteiger partial charge on any atom is -0.427 e. The first-order chi connectivity index (χ1) is 6.47. The third-order valence-electron chi connectivity index (χ3n) is 1.57. The minimum absolute atomic E-state index is 0.418. The molecule has 1 heterocycles. The predicted molar refractivity (Wildman–Crippen MR) is 58.1 cm³/mol. The Morgan fingerprint density at radius 3 is 2.79 bits per heavy atom. The number of sulfonamides is 1. The van der Waals surface area contributed by atoms with E-state index < -0.39 is 15.2 Å². The molecule has 14 heavy (non-hydrogen) atoms. The first-order valence-electron chi connectivity index (χ1n) is 3.56. The van der Waals surface area contributed by atoms with Gasteiger partial charge in [0.2, 0.25) is 0 Å². The number of hydrogen-bond donors (Lipinski definition) is 1. The molecule has 0 fully saturated rings. The van der Waals surface area contributed by atoms with Crippen LogP contribution in [0.25, 0.3) is 11.1 Å². The van der Waals surface area contributed by atoms with Gasteiger partial charge in [-0.2, -0.15) is 4.98 Å². The third kappa shape index (κ3) is 1.74. The van der Waals surface area contributed by atoms with Crippen LogP contribution in [0.1, 0.15) is 0 Å². The van der Waals surface area contributed by atoms with Gasteiger partial charge in [-0.1, -0.05) is 0 Å². The van der Waals surface area contributed by atoms with Crippen LogP contribution >= 0.6 is 22.6 Å². The van der Waals surface area contributed by atoms with E-state index in [1.165, 1.54) is 0 Å². The molecule has 1 aromatic carbocycles. The second kappa shape index (κ2) is 3.17. The lowest BCUT2D eigenvalue weighted by atomic mass is 10.3. The summed E-state index contributed by atoms with van der Waals surface area (Å²) < 4.78 is 27.7. The maximum absolute atomic E-state index is 10.9. The summed E-state index contributed by atoms with van der Waals surface area (Å²) in [6.45, 7) is 0. The molecular formula is C7H5IN2O3S. The van der Waals surface area contributed by atoms with Crippen LogP contribution in [0.2, 0.25) is 0 Å². The largest absolute Gasteiger partial charge is 0.427 e. The van der Waals surface area contributed by atoms with Gasteiger partial charge in [-0.3, -0.25) is 0 Å². The van der Waals surface area contributed by atoms with E-state index in [0.717, 1.165) is 3.57 Å². The summed E-state index contributed by atoms with van der Waals surface area (Å²) in [7, 11) is -3.86. The fourth-order valence-corrected chi connectivity index (χ4v) is 1.89. The van der Waals surface area contributed by atoms with Crippen LogP contribution in [0, 0.1) is 3.57 Å². The molecule has 5 nitrogen and oxygen atoms in total. The van der Waals surface area contributed by atoms with E-state index in [-0.39, 0.29) is 0 Å². The Balaban J connectivity index is 2.75. The average molecular weight is 324 g/mol. The summed E-state index contributed by atoms with van der Waals surface area (Å²) in [5.74, 6) is 0. The molecule has 74 valence electrons. The molecule has 0 unspecified atom stereocenters. The molecule has 0 atom stereocenters. The van der Waals surface area contributed by atoms with Crippen LogP contribution in [0.15, 0.2) is 27.8 Å². The highest BCUT2D eigenvalue weighted by Crippen LogP contribution is 2.19. The average Bonchev–Trinajstić information content (AvgIpc) is 2.45. The molecule has 0 radical (unpaired) electrons. The molecular weight excluding hydrogens is 319 g/mol. The van der Waals surface area contributed by atoms with Crippen molar-refractivity contribution in [2.75, 3.05) is 0 Å². The number of hydrogen-bond acceptors (Lipinski definition) is 4. The van der Waals surface area contributed by atoms with Crippen LogP contribution in [0.3, 0.4) is 0 Å². The van der Waals surface area contributed by atoms with Gasteiger partial charge in [0.05, 0.1) is 0 Å². The predicted octanol–water partition coefficient (Wildman–Crippen LogP) is 1.08. The Bertz CT molecular complexity index is 590. The van der Waals surface area contributed by atoms with Gasteiger partial charge in [0.25, 0.3) is 10.0 Å². The normalized spacial score (nSPS) is 12.1. The molecule has 2 aromatic rings. The van der Waals surface area contributed by atoms with Crippen molar-refractivity contribution in [2.45, 2.75) is 5.22 Å². The summed E-state index contributed by atoms with van der Waals surface area (Å²) in [6.07, 6.45) is 0. The number of primary sulfonamides is 1. The molecule has 0 saturated carbocycles. The Morgan fingerprint density at radius 2 is 2.14 bits per heavy atom. The third-order valence-corrected chi connectivity index (χ3v) is 2.91. The van der Waals surface area contributed by atoms with Crippen molar-refractivity contribution in [1.82, 2.24) is 4.98 Å². The Kier molecular flexibility index (Phi) is 2.24. The highest BCUT2D eigenvalue weighted by Gasteiger charge is 2.16. The number of fused-ring (bicyclic) bond motifs is 1. The maximum atomic E-state index is 10.9. The standard InChI is InChI=1S/C7H5IN2O3S/c8-4-1-2-5-6(3-4)13-7(10-5)14(9,11)12/h1-3H,(H2,9,11,12). The maximum Gasteiger partial charge on any atom is 0.331 e. The van der Waals surface area contributed by atoms with Gasteiger partial charge in [-0.15, -0.1) is 0 Å². The molecule has 0 aliphatic rings. The zero-order valence-electron chi connectivity index (χ0n) is 6.77. The lowest BCUT2D eigenvalue weighted by molar-refractivity contribution is 0.459. The number of nitrogens with two attached hydrogens (primary N) is 1. The van der Waals surface area contributed by atoms with Crippen molar-refractivity contribution in [1.29, 1.82) is 0 Å². The van der Waals surface area contributed by atoms with Crippen molar-refractivity contribution in [2.24, 2.45) is 5.14 Å². The molecule has 2 N–H and O–H groups in total. The number of nitrogens with zero attached hydrogens (tertiary/aromatic N) is 1. The zero-order valence-corrected chi connectivity index (χ0v) is 9.74. The van der Waals surface area contributed by atoms with E-state index in [0.29, 0.717) is 11.1 Å². The highest BCUT2D eigenvalue weighted by atomic mass is 127. The number of aromatic nitrogens is 1. The van der Waals surface area contributed by atoms with E-state index in [2.05, 4.69) is 27.6 Å². The van der Waals surface area contributed by atoms with Crippen LogP contribution in [-0.2, 0) is 10.0 Å². The molecule has 0 amide bonds. The van der Waals surface area contributed by atoms with Gasteiger partial charge in [-0.25, -0.2) is 13.6 Å². The summed E-state index contributed by atoms with van der Waals surface area (Å²) in [6, 6.07) is 5.17. The van der Waals surface area contributed by atoms with Crippen LogP contribution < -0.4 is 5.14 Å². The Hall–Kier alpha value is -0.670. The monoisotopic (exact) mass is 324 g/mol. The van der Waals surface area contributed by atoms with Crippen molar-refractivity contribution in [3.8, 4) is 0 Å². The molecule has 1 aromatic heterocycles. The van der Waals surface area contributed by atoms with E-state index in [1.54, 1.807) is 18.2 Å². The molecule has 2 rings (SSSR count). The second-order valence-electron chi connectivity index (χ2n) is 2.64. The molecule has 0 aliphatic heterocycles. The summed E-state index contributed by atoms with van der Waals surface area (Å²) in [4.78, 5) is 3.74. The molecule has 0 bridgehead atoms. The van der Waals surface area contributed by atoms with E-state index in [9.17, 15) is 8.42 Å². The summed E-state index contributed by atoms with van der Waals surface area (Å²) in [5.41, 5.74) is 0.898. The van der Waals surface area contributed by atoms with Gasteiger partial charge >= 0.3 is 5.22 Å². The lowest BCUT2D eigenvalue weighted by Gasteiger charge is -1.86. The summed E-state index contributed by atoms with van der Waals surface area (Å²) >= 11 is 2.09. The molecule has 0 saturated heterocycles. The molecule has 0 aliphatic carbocycles. The van der Waals surface area contributed by atoms with Gasteiger partial charge < -0.3 is 4.42 Å². The first-order valence-corrected chi connectivity index (χ1v) is 6.18. The van der Waals surface area contributed by atoms with Crippen molar-refractivity contribution < 1.29 is 12.8 Å². The Morgan fingerprint density at radius 1 is 1.43 bits per heavy atom. The van der Waals surface area contributed by atoms with E-state index >= 15 is 0 Å². The fourth-order valence-electron chi connectivity index (χ4n) is 0.999. The fraction of sp³-hybridized carbons (Fsp3) is 0. The topological polar surface area (TPSA) is 86.2 Å².